The number of benzene rings is 1. The highest BCUT2D eigenvalue weighted by molar-refractivity contribution is 5.68. The summed E-state index contributed by atoms with van der Waals surface area (Å²) in [5.74, 6) is 1.08. The summed E-state index contributed by atoms with van der Waals surface area (Å²) < 4.78 is 5.54. The molecule has 1 aromatic rings. The molecule has 29 heavy (non-hydrogen) atoms. The van der Waals surface area contributed by atoms with Crippen LogP contribution in [0.15, 0.2) is 24.3 Å². The Kier molecular flexibility index (Phi) is 6.62. The third-order valence-electron chi connectivity index (χ3n) is 5.89. The first-order valence-corrected chi connectivity index (χ1v) is 10.8. The number of fused-ring (bicyclic) bond motifs is 1. The second-order valence-corrected chi connectivity index (χ2v) is 9.91. The summed E-state index contributed by atoms with van der Waals surface area (Å²) in [6.45, 7) is 11.6. The fourth-order valence-corrected chi connectivity index (χ4v) is 4.35. The van der Waals surface area contributed by atoms with E-state index >= 15 is 0 Å². The van der Waals surface area contributed by atoms with E-state index in [0.717, 1.165) is 45.7 Å². The molecule has 0 radical (unpaired) electrons. The predicted molar refractivity (Wildman–Crippen MR) is 120 cm³/mol. The molecule has 2 saturated heterocycles. The fraction of sp³-hybridized carbons (Fsp3) is 0.696. The Hall–Kier alpha value is -1.95. The summed E-state index contributed by atoms with van der Waals surface area (Å²) >= 11 is 0. The van der Waals surface area contributed by atoms with E-state index in [1.54, 1.807) is 0 Å². The number of likely N-dealkylation sites (tertiary alicyclic amines) is 1. The first-order chi connectivity index (χ1) is 13.6. The van der Waals surface area contributed by atoms with E-state index in [1.807, 2.05) is 25.7 Å². The number of nitrogens with zero attached hydrogens (tertiary/aromatic N) is 4. The number of carbonyl (C=O) groups is 1. The average molecular weight is 403 g/mol. The summed E-state index contributed by atoms with van der Waals surface area (Å²) in [4.78, 5) is 21.3. The van der Waals surface area contributed by atoms with Gasteiger partial charge in [0, 0.05) is 63.0 Å². The molecule has 6 heteroatoms. The molecule has 2 fully saturated rings. The number of ether oxygens (including phenoxy) is 1. The van der Waals surface area contributed by atoms with Gasteiger partial charge in [-0.3, -0.25) is 0 Å². The van der Waals surface area contributed by atoms with E-state index in [2.05, 4.69) is 60.1 Å². The molecule has 1 aromatic carbocycles. The topological polar surface area (TPSA) is 39.3 Å². The highest BCUT2D eigenvalue weighted by Gasteiger charge is 2.42. The Morgan fingerprint density at radius 2 is 1.59 bits per heavy atom. The van der Waals surface area contributed by atoms with Crippen LogP contribution in [0.4, 0.5) is 16.2 Å². The number of amides is 1. The van der Waals surface area contributed by atoms with Gasteiger partial charge in [-0.25, -0.2) is 4.79 Å². The molecule has 0 aliphatic carbocycles. The van der Waals surface area contributed by atoms with Gasteiger partial charge in [-0.15, -0.1) is 0 Å². The van der Waals surface area contributed by atoms with Crippen LogP contribution >= 0.6 is 0 Å². The number of hydrogen-bond acceptors (Lipinski definition) is 5. The molecule has 3 rings (SSSR count). The lowest BCUT2D eigenvalue weighted by molar-refractivity contribution is 0.0282. The van der Waals surface area contributed by atoms with E-state index in [0.29, 0.717) is 11.8 Å². The number of hydrogen-bond donors (Lipinski definition) is 0. The van der Waals surface area contributed by atoms with Crippen molar-refractivity contribution < 1.29 is 9.53 Å². The van der Waals surface area contributed by atoms with Crippen LogP contribution in [0.2, 0.25) is 0 Å². The van der Waals surface area contributed by atoms with E-state index in [9.17, 15) is 4.79 Å². The summed E-state index contributed by atoms with van der Waals surface area (Å²) in [7, 11) is 6.40. The lowest BCUT2D eigenvalue weighted by Crippen LogP contribution is -2.37. The Morgan fingerprint density at radius 3 is 2.10 bits per heavy atom. The zero-order valence-electron chi connectivity index (χ0n) is 19.0. The van der Waals surface area contributed by atoms with Gasteiger partial charge in [-0.1, -0.05) is 0 Å². The maximum absolute atomic E-state index is 12.3. The van der Waals surface area contributed by atoms with Gasteiger partial charge in [0.05, 0.1) is 0 Å². The predicted octanol–water partition coefficient (Wildman–Crippen LogP) is 3.38. The Bertz CT molecular complexity index is 669. The summed E-state index contributed by atoms with van der Waals surface area (Å²) in [6, 6.07) is 8.94. The summed E-state index contributed by atoms with van der Waals surface area (Å²) in [5, 5.41) is 0. The third kappa shape index (κ3) is 5.78. The monoisotopic (exact) mass is 402 g/mol. The van der Waals surface area contributed by atoms with Crippen LogP contribution in [-0.4, -0.2) is 81.9 Å². The molecular formula is C23H38N4O2. The molecule has 6 nitrogen and oxygen atoms in total. The molecule has 1 amide bonds. The summed E-state index contributed by atoms with van der Waals surface area (Å²) in [5.41, 5.74) is 2.12. The van der Waals surface area contributed by atoms with Crippen LogP contribution in [0, 0.1) is 11.8 Å². The molecule has 0 saturated carbocycles. The molecule has 2 atom stereocenters. The van der Waals surface area contributed by atoms with Crippen LogP contribution < -0.4 is 9.80 Å². The smallest absolute Gasteiger partial charge is 0.410 e. The minimum Gasteiger partial charge on any atom is -0.444 e. The van der Waals surface area contributed by atoms with Crippen LogP contribution in [0.25, 0.3) is 0 Å². The van der Waals surface area contributed by atoms with Crippen molar-refractivity contribution in [2.45, 2.75) is 32.8 Å². The van der Waals surface area contributed by atoms with Crippen molar-refractivity contribution in [2.24, 2.45) is 11.8 Å². The van der Waals surface area contributed by atoms with Crippen LogP contribution in [-0.2, 0) is 4.74 Å². The molecule has 0 spiro atoms. The molecule has 0 N–H and O–H groups in total. The number of rotatable bonds is 6. The molecule has 2 heterocycles. The van der Waals surface area contributed by atoms with Crippen LogP contribution in [0.1, 0.15) is 27.2 Å². The largest absolute Gasteiger partial charge is 0.444 e. The van der Waals surface area contributed by atoms with Gasteiger partial charge in [0.1, 0.15) is 5.60 Å². The normalized spacial score (nSPS) is 21.6. The zero-order valence-corrected chi connectivity index (χ0v) is 19.0. The van der Waals surface area contributed by atoms with Crippen molar-refractivity contribution in [3.63, 3.8) is 0 Å². The van der Waals surface area contributed by atoms with E-state index < -0.39 is 5.60 Å². The summed E-state index contributed by atoms with van der Waals surface area (Å²) in [6.07, 6.45) is 0.995. The average Bonchev–Trinajstić information content (AvgIpc) is 3.19. The second kappa shape index (κ2) is 8.82. The van der Waals surface area contributed by atoms with Gasteiger partial charge in [0.25, 0.3) is 0 Å². The Morgan fingerprint density at radius 1 is 1.00 bits per heavy atom. The molecular weight excluding hydrogens is 364 g/mol. The first kappa shape index (κ1) is 21.8. The highest BCUT2D eigenvalue weighted by atomic mass is 16.6. The molecule has 0 unspecified atom stereocenters. The van der Waals surface area contributed by atoms with Crippen molar-refractivity contribution in [3.8, 4) is 0 Å². The fourth-order valence-electron chi connectivity index (χ4n) is 4.35. The van der Waals surface area contributed by atoms with Gasteiger partial charge in [0.15, 0.2) is 0 Å². The second-order valence-electron chi connectivity index (χ2n) is 9.91. The number of carbonyl (C=O) groups excluding carboxylic acids is 1. The first-order valence-electron chi connectivity index (χ1n) is 10.8. The van der Waals surface area contributed by atoms with E-state index in [-0.39, 0.29) is 6.09 Å². The van der Waals surface area contributed by atoms with Crippen LogP contribution in [0.3, 0.4) is 0 Å². The van der Waals surface area contributed by atoms with Crippen molar-refractivity contribution in [1.82, 2.24) is 9.80 Å². The molecule has 0 aromatic heterocycles. The van der Waals surface area contributed by atoms with Crippen molar-refractivity contribution >= 4 is 17.5 Å². The van der Waals surface area contributed by atoms with Crippen molar-refractivity contribution in [2.75, 3.05) is 70.2 Å². The molecule has 0 bridgehead atoms. The quantitative estimate of drug-likeness (QED) is 0.729. The minimum atomic E-state index is -0.428. The SMILES string of the molecule is CN(C)CCCN(C)c1ccc(N2C[C@H]3CN(C(=O)OC(C)(C)C)C[C@H]3C2)cc1. The Balaban J connectivity index is 1.50. The standard InChI is InChI=1S/C23H38N4O2/c1-23(2,3)29-22(28)27-16-18-14-26(15-19(18)17-27)21-10-8-20(9-11-21)25(6)13-7-12-24(4)5/h8-11,18-19H,7,12-17H2,1-6H3/t18-,19+. The van der Waals surface area contributed by atoms with E-state index in [1.165, 1.54) is 11.4 Å². The van der Waals surface area contributed by atoms with E-state index in [4.69, 9.17) is 4.74 Å². The van der Waals surface area contributed by atoms with Gasteiger partial charge >= 0.3 is 6.09 Å². The van der Waals surface area contributed by atoms with Crippen LogP contribution in [0.5, 0.6) is 0 Å². The molecule has 2 aliphatic heterocycles. The van der Waals surface area contributed by atoms with Gasteiger partial charge in [0.2, 0.25) is 0 Å². The molecule has 162 valence electrons. The molecule has 2 aliphatic rings. The number of anilines is 2. The lowest BCUT2D eigenvalue weighted by atomic mass is 10.0. The van der Waals surface area contributed by atoms with Crippen molar-refractivity contribution in [1.29, 1.82) is 0 Å². The zero-order chi connectivity index (χ0) is 21.2. The lowest BCUT2D eigenvalue weighted by Gasteiger charge is -2.27. The highest BCUT2D eigenvalue weighted by Crippen LogP contribution is 2.35. The third-order valence-corrected chi connectivity index (χ3v) is 5.89. The van der Waals surface area contributed by atoms with Gasteiger partial charge in [-0.2, -0.15) is 0 Å². The maximum Gasteiger partial charge on any atom is 0.410 e. The van der Waals surface area contributed by atoms with Crippen molar-refractivity contribution in [3.05, 3.63) is 24.3 Å². The Labute approximate surface area is 176 Å². The van der Waals surface area contributed by atoms with Gasteiger partial charge < -0.3 is 24.3 Å². The minimum absolute atomic E-state index is 0.167. The maximum atomic E-state index is 12.3. The van der Waals surface area contributed by atoms with Gasteiger partial charge in [-0.05, 0) is 72.1 Å².